The normalized spacial score (nSPS) is 11.5. The Morgan fingerprint density at radius 2 is 1.63 bits per heavy atom. The van der Waals surface area contributed by atoms with Gasteiger partial charge in [-0.3, -0.25) is 0 Å². The molecule has 5 heteroatoms. The highest BCUT2D eigenvalue weighted by Gasteiger charge is 2.26. The number of carbonyl (C=O) groups is 1. The first-order valence-corrected chi connectivity index (χ1v) is 12.3. The third-order valence-electron chi connectivity index (χ3n) is 3.35. The van der Waals surface area contributed by atoms with E-state index in [4.69, 9.17) is 4.74 Å². The van der Waals surface area contributed by atoms with Gasteiger partial charge in [-0.2, -0.15) is 0 Å². The molecule has 0 aromatic rings. The summed E-state index contributed by atoms with van der Waals surface area (Å²) in [6.07, 6.45) is 1.01. The molecule has 0 aromatic heterocycles. The number of rotatable bonds is 9. The van der Waals surface area contributed by atoms with Gasteiger partial charge in [0.05, 0.1) is 21.4 Å². The number of hydrogen-bond donors (Lipinski definition) is 0. The molecule has 0 rings (SSSR count). The summed E-state index contributed by atoms with van der Waals surface area (Å²) < 4.78 is 9.55. The first-order chi connectivity index (χ1) is 8.84. The van der Waals surface area contributed by atoms with Crippen LogP contribution < -0.4 is 0 Å². The molecule has 0 radical (unpaired) electrons. The van der Waals surface area contributed by atoms with Crippen molar-refractivity contribution in [2.75, 3.05) is 13.3 Å². The maximum atomic E-state index is 11.0. The molecule has 0 aromatic carbocycles. The summed E-state index contributed by atoms with van der Waals surface area (Å²) in [5, 5.41) is 0. The van der Waals surface area contributed by atoms with Crippen molar-refractivity contribution in [1.82, 2.24) is 0 Å². The van der Waals surface area contributed by atoms with Gasteiger partial charge in [0.15, 0.2) is 0 Å². The Labute approximate surface area is 119 Å². The van der Waals surface area contributed by atoms with Crippen LogP contribution in [0.1, 0.15) is 6.42 Å². The van der Waals surface area contributed by atoms with E-state index < -0.39 is 22.3 Å². The minimum atomic E-state index is -1.69. The second kappa shape index (κ2) is 8.17. The highest BCUT2D eigenvalue weighted by atomic mass is 28.3. The maximum absolute atomic E-state index is 11.0. The van der Waals surface area contributed by atoms with E-state index >= 15 is 0 Å². The molecule has 0 bridgehead atoms. The standard InChI is InChI=1S/C14H26O3Si2/c1-7-19(8-2,9-3)12-10-11-18(5,6)13-17-14(15)16-4/h7-9H,1-3,10-13H2,4-6H3. The van der Waals surface area contributed by atoms with Crippen molar-refractivity contribution in [2.45, 2.75) is 31.6 Å². The van der Waals surface area contributed by atoms with Gasteiger partial charge in [-0.1, -0.05) is 42.7 Å². The molecule has 0 spiro atoms. The van der Waals surface area contributed by atoms with Crippen LogP contribution in [0.25, 0.3) is 0 Å². The van der Waals surface area contributed by atoms with E-state index in [1.54, 1.807) is 0 Å². The van der Waals surface area contributed by atoms with Crippen LogP contribution in [0.3, 0.4) is 0 Å². The van der Waals surface area contributed by atoms with Gasteiger partial charge in [-0.05, 0) is 6.04 Å². The summed E-state index contributed by atoms with van der Waals surface area (Å²) in [6.45, 7) is 16.2. The molecule has 0 aliphatic heterocycles. The predicted molar refractivity (Wildman–Crippen MR) is 86.4 cm³/mol. The fraction of sp³-hybridized carbons (Fsp3) is 0.500. The van der Waals surface area contributed by atoms with E-state index in [0.29, 0.717) is 6.23 Å². The molecule has 0 unspecified atom stereocenters. The van der Waals surface area contributed by atoms with Crippen LogP contribution in [0.5, 0.6) is 0 Å². The van der Waals surface area contributed by atoms with Crippen LogP contribution >= 0.6 is 0 Å². The van der Waals surface area contributed by atoms with Gasteiger partial charge in [-0.25, -0.2) is 4.79 Å². The molecule has 108 valence electrons. The van der Waals surface area contributed by atoms with Crippen molar-refractivity contribution < 1.29 is 14.3 Å². The lowest BCUT2D eigenvalue weighted by Gasteiger charge is -2.24. The summed E-state index contributed by atoms with van der Waals surface area (Å²) in [7, 11) is -1.88. The lowest BCUT2D eigenvalue weighted by molar-refractivity contribution is 0.0849. The van der Waals surface area contributed by atoms with Gasteiger partial charge in [0.1, 0.15) is 8.07 Å². The van der Waals surface area contributed by atoms with Crippen molar-refractivity contribution in [2.24, 2.45) is 0 Å². The van der Waals surface area contributed by atoms with Gasteiger partial charge >= 0.3 is 6.16 Å². The second-order valence-electron chi connectivity index (χ2n) is 5.49. The Kier molecular flexibility index (Phi) is 7.70. The third-order valence-corrected chi connectivity index (χ3v) is 9.48. The average molecular weight is 299 g/mol. The first kappa shape index (κ1) is 17.9. The topological polar surface area (TPSA) is 35.5 Å². The van der Waals surface area contributed by atoms with Crippen LogP contribution in [0.15, 0.2) is 36.8 Å². The van der Waals surface area contributed by atoms with Crippen molar-refractivity contribution in [3.63, 3.8) is 0 Å². The smallest absolute Gasteiger partial charge is 0.438 e. The van der Waals surface area contributed by atoms with Crippen molar-refractivity contribution >= 4 is 22.3 Å². The highest BCUT2D eigenvalue weighted by molar-refractivity contribution is 6.93. The molecular weight excluding hydrogens is 272 g/mol. The van der Waals surface area contributed by atoms with Crippen LogP contribution in [0.2, 0.25) is 25.2 Å². The van der Waals surface area contributed by atoms with Crippen molar-refractivity contribution in [1.29, 1.82) is 0 Å². The fourth-order valence-electron chi connectivity index (χ4n) is 1.81. The number of hydrogen-bond acceptors (Lipinski definition) is 3. The first-order valence-electron chi connectivity index (χ1n) is 6.46. The molecule has 0 atom stereocenters. The Balaban J connectivity index is 4.23. The monoisotopic (exact) mass is 298 g/mol. The summed E-state index contributed by atoms with van der Waals surface area (Å²) in [4.78, 5) is 11.0. The fourth-order valence-corrected chi connectivity index (χ4v) is 5.86. The summed E-state index contributed by atoms with van der Waals surface area (Å²) >= 11 is 0. The van der Waals surface area contributed by atoms with E-state index in [0.717, 1.165) is 18.5 Å². The van der Waals surface area contributed by atoms with Crippen LogP contribution in [-0.4, -0.2) is 35.6 Å². The summed E-state index contributed by atoms with van der Waals surface area (Å²) in [5.74, 6) is 0. The van der Waals surface area contributed by atoms with Crippen LogP contribution in [0.4, 0.5) is 4.79 Å². The summed E-state index contributed by atoms with van der Waals surface area (Å²) in [6, 6.07) is 2.19. The molecule has 0 saturated carbocycles. The van der Waals surface area contributed by atoms with Crippen LogP contribution in [0, 0.1) is 0 Å². The minimum Gasteiger partial charge on any atom is -0.438 e. The zero-order chi connectivity index (χ0) is 14.9. The highest BCUT2D eigenvalue weighted by Crippen LogP contribution is 2.22. The van der Waals surface area contributed by atoms with Crippen molar-refractivity contribution in [3.05, 3.63) is 36.8 Å². The Bertz CT molecular complexity index is 316. The van der Waals surface area contributed by atoms with Crippen LogP contribution in [-0.2, 0) is 9.47 Å². The van der Waals surface area contributed by atoms with E-state index in [1.165, 1.54) is 7.11 Å². The Hall–Kier alpha value is -1.08. The molecule has 0 heterocycles. The minimum absolute atomic E-state index is 0.504. The Morgan fingerprint density at radius 3 is 2.05 bits per heavy atom. The molecule has 0 amide bonds. The van der Waals surface area contributed by atoms with Gasteiger partial charge in [0.25, 0.3) is 0 Å². The largest absolute Gasteiger partial charge is 0.507 e. The van der Waals surface area contributed by atoms with E-state index in [-0.39, 0.29) is 0 Å². The molecule has 19 heavy (non-hydrogen) atoms. The second-order valence-corrected chi connectivity index (χ2v) is 14.6. The van der Waals surface area contributed by atoms with Gasteiger partial charge in [0.2, 0.25) is 0 Å². The zero-order valence-electron chi connectivity index (χ0n) is 12.4. The molecule has 0 aliphatic carbocycles. The number of ether oxygens (including phenoxy) is 2. The van der Waals surface area contributed by atoms with E-state index in [9.17, 15) is 4.79 Å². The molecule has 0 aliphatic rings. The molecule has 0 fully saturated rings. The Morgan fingerprint density at radius 1 is 1.11 bits per heavy atom. The number of carbonyl (C=O) groups excluding carboxylic acids is 1. The zero-order valence-corrected chi connectivity index (χ0v) is 14.4. The predicted octanol–water partition coefficient (Wildman–Crippen LogP) is 4.03. The summed E-state index contributed by atoms with van der Waals surface area (Å²) in [5.41, 5.74) is 6.06. The van der Waals surface area contributed by atoms with E-state index in [1.807, 2.05) is 17.1 Å². The lowest BCUT2D eigenvalue weighted by Crippen LogP contribution is -2.35. The van der Waals surface area contributed by atoms with E-state index in [2.05, 4.69) is 37.6 Å². The molecule has 0 saturated heterocycles. The third kappa shape index (κ3) is 6.59. The molecule has 0 N–H and O–H groups in total. The van der Waals surface area contributed by atoms with Gasteiger partial charge in [-0.15, -0.1) is 19.7 Å². The van der Waals surface area contributed by atoms with Crippen molar-refractivity contribution in [3.8, 4) is 0 Å². The lowest BCUT2D eigenvalue weighted by atomic mass is 10.6. The van der Waals surface area contributed by atoms with Gasteiger partial charge < -0.3 is 9.47 Å². The molecule has 3 nitrogen and oxygen atoms in total. The number of methoxy groups -OCH3 is 1. The van der Waals surface area contributed by atoms with Gasteiger partial charge in [0, 0.05) is 0 Å². The SMILES string of the molecule is C=C[Si](C=C)(C=C)CCC[Si](C)(C)COC(=O)OC. The quantitative estimate of drug-likeness (QED) is 0.476. The average Bonchev–Trinajstić information content (AvgIpc) is 2.41. The maximum Gasteiger partial charge on any atom is 0.507 e. The molecular formula is C14H26O3Si2.